The quantitative estimate of drug-likeness (QED) is 0.341. The van der Waals surface area contributed by atoms with E-state index in [9.17, 15) is 9.90 Å². The Morgan fingerprint density at radius 1 is 1.13 bits per heavy atom. The number of carboxylic acids is 1. The van der Waals surface area contributed by atoms with Crippen molar-refractivity contribution in [2.24, 2.45) is 0 Å². The van der Waals surface area contributed by atoms with Gasteiger partial charge in [-0.25, -0.2) is 4.98 Å². The summed E-state index contributed by atoms with van der Waals surface area (Å²) in [5.74, 6) is 2.27. The molecule has 31 heavy (non-hydrogen) atoms. The highest BCUT2D eigenvalue weighted by Crippen LogP contribution is 2.27. The molecule has 0 aliphatic rings. The van der Waals surface area contributed by atoms with Crippen LogP contribution in [0, 0.1) is 6.92 Å². The minimum atomic E-state index is -0.762. The van der Waals surface area contributed by atoms with E-state index in [2.05, 4.69) is 11.9 Å². The van der Waals surface area contributed by atoms with Crippen molar-refractivity contribution >= 4 is 28.7 Å². The monoisotopic (exact) mass is 435 g/mol. The Morgan fingerprint density at radius 3 is 2.68 bits per heavy atom. The highest BCUT2D eigenvalue weighted by molar-refractivity contribution is 8.00. The van der Waals surface area contributed by atoms with Gasteiger partial charge in [0.15, 0.2) is 0 Å². The van der Waals surface area contributed by atoms with Crippen molar-refractivity contribution in [3.05, 3.63) is 77.4 Å². The maximum Gasteiger partial charge on any atom is 0.316 e. The molecule has 0 unspecified atom stereocenters. The Hall–Kier alpha value is -2.99. The van der Waals surface area contributed by atoms with E-state index in [-0.39, 0.29) is 0 Å². The zero-order valence-corrected chi connectivity index (χ0v) is 18.4. The van der Waals surface area contributed by atoms with Gasteiger partial charge in [-0.05, 0) is 61.4 Å². The normalized spacial score (nSPS) is 12.3. The summed E-state index contributed by atoms with van der Waals surface area (Å²) in [6, 6.07) is 17.7. The summed E-state index contributed by atoms with van der Waals surface area (Å²) >= 11 is 1.50. The number of thioether (sulfide) groups is 1. The molecule has 2 aromatic heterocycles. The second-order valence-electron chi connectivity index (χ2n) is 7.55. The number of fused-ring (bicyclic) bond motifs is 1. The number of carbonyl (C=O) groups is 1. The summed E-state index contributed by atoms with van der Waals surface area (Å²) in [4.78, 5) is 16.2. The molecule has 6 heteroatoms. The molecule has 4 aromatic rings. The molecule has 4 rings (SSSR count). The summed E-state index contributed by atoms with van der Waals surface area (Å²) in [5.41, 5.74) is 3.58. The molecule has 1 N–H and O–H groups in total. The first-order valence-electron chi connectivity index (χ1n) is 10.4. The average Bonchev–Trinajstić information content (AvgIpc) is 3.34. The Morgan fingerprint density at radius 2 is 1.94 bits per heavy atom. The highest BCUT2D eigenvalue weighted by Gasteiger charge is 2.19. The lowest BCUT2D eigenvalue weighted by Crippen LogP contribution is -2.19. The molecule has 5 nitrogen and oxygen atoms in total. The molecule has 0 spiro atoms. The molecule has 0 bridgehead atoms. The van der Waals surface area contributed by atoms with Crippen LogP contribution in [0.25, 0.3) is 22.4 Å². The van der Waals surface area contributed by atoms with Crippen LogP contribution in [0.3, 0.4) is 0 Å². The van der Waals surface area contributed by atoms with Crippen molar-refractivity contribution in [1.29, 1.82) is 0 Å². The van der Waals surface area contributed by atoms with Crippen LogP contribution in [0.2, 0.25) is 0 Å². The Balaban J connectivity index is 1.52. The minimum absolute atomic E-state index is 0.432. The van der Waals surface area contributed by atoms with Gasteiger partial charge in [-0.15, -0.1) is 11.8 Å². The van der Waals surface area contributed by atoms with Crippen molar-refractivity contribution in [3.8, 4) is 11.5 Å². The fraction of sp³-hybridized carbons (Fsp3) is 0.280. The van der Waals surface area contributed by atoms with Gasteiger partial charge in [-0.2, -0.15) is 0 Å². The van der Waals surface area contributed by atoms with E-state index in [1.165, 1.54) is 11.8 Å². The Bertz CT molecular complexity index is 1180. The molecule has 0 aliphatic carbocycles. The number of aryl methyl sites for hydroxylation is 1. The lowest BCUT2D eigenvalue weighted by molar-refractivity contribution is -0.136. The molecule has 0 fully saturated rings. The number of oxazole rings is 1. The number of hydrogen-bond donors (Lipinski definition) is 1. The lowest BCUT2D eigenvalue weighted by atomic mass is 10.1. The number of nitrogens with zero attached hydrogens (tertiary/aromatic N) is 1. The molecule has 2 heterocycles. The summed E-state index contributed by atoms with van der Waals surface area (Å²) < 4.78 is 11.9. The number of benzene rings is 2. The number of carboxylic acid groups (broad SMARTS) is 1. The van der Waals surface area contributed by atoms with E-state index in [0.29, 0.717) is 18.7 Å². The van der Waals surface area contributed by atoms with E-state index in [1.807, 2.05) is 61.5 Å². The standard InChI is InChI=1S/C25H25NO4S/c1-3-11-31-23(25(27)28)13-17-9-10-22-19(12-17)14-20(30-22)15-21-16(2)29-24(26-21)18-7-5-4-6-8-18/h4-10,12,14,23H,3,11,13,15H2,1-2H3,(H,27,28)/t23-/m0/s1. The minimum Gasteiger partial charge on any atom is -0.480 e. The molecular formula is C25H25NO4S. The largest absolute Gasteiger partial charge is 0.480 e. The maximum absolute atomic E-state index is 11.6. The van der Waals surface area contributed by atoms with E-state index in [1.54, 1.807) is 0 Å². The van der Waals surface area contributed by atoms with Gasteiger partial charge in [-0.1, -0.05) is 31.2 Å². The van der Waals surface area contributed by atoms with Crippen molar-refractivity contribution in [2.45, 2.75) is 38.4 Å². The van der Waals surface area contributed by atoms with E-state index < -0.39 is 11.2 Å². The van der Waals surface area contributed by atoms with Crippen LogP contribution >= 0.6 is 11.8 Å². The molecule has 0 radical (unpaired) electrons. The zero-order chi connectivity index (χ0) is 21.8. The topological polar surface area (TPSA) is 76.5 Å². The average molecular weight is 436 g/mol. The second kappa shape index (κ2) is 9.43. The van der Waals surface area contributed by atoms with Gasteiger partial charge < -0.3 is 13.9 Å². The second-order valence-corrected chi connectivity index (χ2v) is 8.86. The number of rotatable bonds is 9. The molecular weight excluding hydrogens is 410 g/mol. The summed E-state index contributed by atoms with van der Waals surface area (Å²) in [5, 5.41) is 10.0. The Kier molecular flexibility index (Phi) is 6.47. The summed E-state index contributed by atoms with van der Waals surface area (Å²) in [6.07, 6.45) is 2.00. The number of aromatic nitrogens is 1. The first-order chi connectivity index (χ1) is 15.0. The molecule has 0 aliphatic heterocycles. The third-order valence-electron chi connectivity index (χ3n) is 5.11. The van der Waals surface area contributed by atoms with Gasteiger partial charge in [0.05, 0.1) is 12.1 Å². The van der Waals surface area contributed by atoms with Crippen LogP contribution in [-0.4, -0.2) is 27.1 Å². The van der Waals surface area contributed by atoms with Crippen LogP contribution in [0.4, 0.5) is 0 Å². The molecule has 2 aromatic carbocycles. The summed E-state index contributed by atoms with van der Waals surface area (Å²) in [6.45, 7) is 3.97. The predicted molar refractivity (Wildman–Crippen MR) is 124 cm³/mol. The van der Waals surface area contributed by atoms with Crippen LogP contribution in [0.5, 0.6) is 0 Å². The maximum atomic E-state index is 11.6. The molecule has 160 valence electrons. The first-order valence-corrected chi connectivity index (χ1v) is 11.5. The van der Waals surface area contributed by atoms with Crippen molar-refractivity contribution in [1.82, 2.24) is 4.98 Å². The van der Waals surface area contributed by atoms with Crippen molar-refractivity contribution in [3.63, 3.8) is 0 Å². The van der Waals surface area contributed by atoms with Crippen LogP contribution in [-0.2, 0) is 17.6 Å². The molecule has 0 saturated carbocycles. The number of hydrogen-bond acceptors (Lipinski definition) is 5. The van der Waals surface area contributed by atoms with E-state index in [0.717, 1.165) is 51.5 Å². The van der Waals surface area contributed by atoms with Gasteiger partial charge in [0.2, 0.25) is 5.89 Å². The lowest BCUT2D eigenvalue weighted by Gasteiger charge is -2.11. The number of aliphatic carboxylic acids is 1. The van der Waals surface area contributed by atoms with Gasteiger partial charge in [0, 0.05) is 10.9 Å². The zero-order valence-electron chi connectivity index (χ0n) is 17.6. The third-order valence-corrected chi connectivity index (χ3v) is 6.52. The predicted octanol–water partition coefficient (Wildman–Crippen LogP) is 6.13. The fourth-order valence-electron chi connectivity index (χ4n) is 3.51. The Labute approximate surface area is 185 Å². The third kappa shape index (κ3) is 5.02. The van der Waals surface area contributed by atoms with Crippen molar-refractivity contribution in [2.75, 3.05) is 5.75 Å². The van der Waals surface area contributed by atoms with E-state index in [4.69, 9.17) is 8.83 Å². The van der Waals surface area contributed by atoms with Gasteiger partial charge in [0.25, 0.3) is 0 Å². The highest BCUT2D eigenvalue weighted by atomic mass is 32.2. The fourth-order valence-corrected chi connectivity index (χ4v) is 4.49. The van der Waals surface area contributed by atoms with Gasteiger partial charge in [-0.3, -0.25) is 4.79 Å². The van der Waals surface area contributed by atoms with E-state index >= 15 is 0 Å². The smallest absolute Gasteiger partial charge is 0.316 e. The van der Waals surface area contributed by atoms with Crippen molar-refractivity contribution < 1.29 is 18.7 Å². The van der Waals surface area contributed by atoms with Crippen LogP contribution in [0.1, 0.15) is 36.1 Å². The van der Waals surface area contributed by atoms with Gasteiger partial charge in [0.1, 0.15) is 22.4 Å². The van der Waals surface area contributed by atoms with Crippen LogP contribution < -0.4 is 0 Å². The van der Waals surface area contributed by atoms with Crippen LogP contribution in [0.15, 0.2) is 63.4 Å². The molecule has 0 amide bonds. The first kappa shape index (κ1) is 21.2. The molecule has 0 saturated heterocycles. The molecule has 1 atom stereocenters. The number of furan rings is 1. The van der Waals surface area contributed by atoms with Gasteiger partial charge >= 0.3 is 5.97 Å². The summed E-state index contributed by atoms with van der Waals surface area (Å²) in [7, 11) is 0. The SMILES string of the molecule is CCCS[C@@H](Cc1ccc2oc(Cc3nc(-c4ccccc4)oc3C)cc2c1)C(=O)O.